The predicted molar refractivity (Wildman–Crippen MR) is 72.0 cm³/mol. The molecule has 0 aliphatic carbocycles. The maximum absolute atomic E-state index is 12.1. The lowest BCUT2D eigenvalue weighted by atomic mass is 10.1. The highest BCUT2D eigenvalue weighted by Crippen LogP contribution is 2.23. The number of rotatable bonds is 5. The fourth-order valence-corrected chi connectivity index (χ4v) is 2.92. The average Bonchev–Trinajstić information content (AvgIpc) is 2.83. The Labute approximate surface area is 120 Å². The Balaban J connectivity index is 2.42. The Hall–Kier alpha value is -2.26. The molecule has 8 nitrogen and oxygen atoms in total. The monoisotopic (exact) mass is 311 g/mol. The number of benzene rings is 1. The average molecular weight is 311 g/mol. The third-order valence-corrected chi connectivity index (χ3v) is 4.22. The summed E-state index contributed by atoms with van der Waals surface area (Å²) in [6.45, 7) is 2.55. The number of hydrogen-bond acceptors (Lipinski definition) is 6. The maximum atomic E-state index is 12.1. The Morgan fingerprint density at radius 3 is 2.67 bits per heavy atom. The van der Waals surface area contributed by atoms with E-state index in [1.807, 2.05) is 4.72 Å². The first kappa shape index (κ1) is 15.1. The van der Waals surface area contributed by atoms with Gasteiger partial charge in [0.2, 0.25) is 21.7 Å². The molecule has 0 aliphatic heterocycles. The summed E-state index contributed by atoms with van der Waals surface area (Å²) in [5.74, 6) is -0.637. The highest BCUT2D eigenvalue weighted by molar-refractivity contribution is 7.89. The zero-order valence-corrected chi connectivity index (χ0v) is 12.1. The maximum Gasteiger partial charge on any atom is 0.318 e. The van der Waals surface area contributed by atoms with E-state index in [-0.39, 0.29) is 10.7 Å². The van der Waals surface area contributed by atoms with Crippen LogP contribution in [0, 0.1) is 13.8 Å². The van der Waals surface area contributed by atoms with Gasteiger partial charge in [0, 0.05) is 12.5 Å². The Kier molecular flexibility index (Phi) is 4.05. The third-order valence-electron chi connectivity index (χ3n) is 2.68. The molecule has 21 heavy (non-hydrogen) atoms. The Morgan fingerprint density at radius 1 is 1.38 bits per heavy atom. The highest BCUT2D eigenvalue weighted by atomic mass is 32.2. The number of aryl methyl sites for hydroxylation is 2. The molecular weight excluding hydrogens is 298 g/mol. The smallest absolute Gasteiger partial charge is 0.318 e. The SMILES string of the molecule is Cc1nc(-c2ccc(C)c(S(=O)(=O)NCC(=O)O)c2)no1. The molecule has 0 radical (unpaired) electrons. The topological polar surface area (TPSA) is 122 Å². The zero-order chi connectivity index (χ0) is 15.6. The largest absolute Gasteiger partial charge is 0.480 e. The highest BCUT2D eigenvalue weighted by Gasteiger charge is 2.19. The minimum Gasteiger partial charge on any atom is -0.480 e. The summed E-state index contributed by atoms with van der Waals surface area (Å²) < 4.78 is 31.1. The van der Waals surface area contributed by atoms with Gasteiger partial charge in [-0.1, -0.05) is 17.3 Å². The molecule has 0 atom stereocenters. The van der Waals surface area contributed by atoms with Crippen molar-refractivity contribution in [3.63, 3.8) is 0 Å². The molecule has 0 spiro atoms. The summed E-state index contributed by atoms with van der Waals surface area (Å²) >= 11 is 0. The third kappa shape index (κ3) is 3.44. The molecule has 0 aliphatic rings. The fourth-order valence-electron chi connectivity index (χ4n) is 1.68. The van der Waals surface area contributed by atoms with E-state index < -0.39 is 22.5 Å². The number of carboxylic acid groups (broad SMARTS) is 1. The normalized spacial score (nSPS) is 11.5. The molecule has 0 unspecified atom stereocenters. The molecule has 0 bridgehead atoms. The molecule has 2 aromatic rings. The number of nitrogens with zero attached hydrogens (tertiary/aromatic N) is 2. The molecule has 0 amide bonds. The summed E-state index contributed by atoms with van der Waals surface area (Å²) in [5.41, 5.74) is 0.949. The predicted octanol–water partition coefficient (Wildman–Crippen LogP) is 0.716. The lowest BCUT2D eigenvalue weighted by Crippen LogP contribution is -2.29. The van der Waals surface area contributed by atoms with Crippen molar-refractivity contribution in [2.24, 2.45) is 0 Å². The van der Waals surface area contributed by atoms with E-state index in [1.54, 1.807) is 26.0 Å². The number of nitrogens with one attached hydrogen (secondary N) is 1. The molecule has 0 saturated carbocycles. The van der Waals surface area contributed by atoms with Crippen LogP contribution in [0.2, 0.25) is 0 Å². The van der Waals surface area contributed by atoms with Crippen LogP contribution in [0.15, 0.2) is 27.6 Å². The van der Waals surface area contributed by atoms with Crippen molar-refractivity contribution in [3.8, 4) is 11.4 Å². The van der Waals surface area contributed by atoms with Gasteiger partial charge in [0.15, 0.2) is 0 Å². The van der Waals surface area contributed by atoms with Crippen molar-refractivity contribution in [2.75, 3.05) is 6.54 Å². The number of carboxylic acids is 1. The molecule has 1 aromatic carbocycles. The number of carbonyl (C=O) groups is 1. The number of aliphatic carboxylic acids is 1. The second-order valence-corrected chi connectivity index (χ2v) is 6.07. The van der Waals surface area contributed by atoms with Crippen LogP contribution < -0.4 is 4.72 Å². The minimum absolute atomic E-state index is 0.0243. The van der Waals surface area contributed by atoms with Gasteiger partial charge in [-0.2, -0.15) is 9.71 Å². The Morgan fingerprint density at radius 2 is 2.10 bits per heavy atom. The van der Waals surface area contributed by atoms with Gasteiger partial charge in [0.1, 0.15) is 6.54 Å². The van der Waals surface area contributed by atoms with E-state index in [0.717, 1.165) is 0 Å². The molecular formula is C12H13N3O5S. The van der Waals surface area contributed by atoms with Crippen LogP contribution in [0.5, 0.6) is 0 Å². The summed E-state index contributed by atoms with van der Waals surface area (Å²) in [6.07, 6.45) is 0. The minimum atomic E-state index is -3.93. The van der Waals surface area contributed by atoms with Crippen LogP contribution in [0.3, 0.4) is 0 Å². The first-order valence-electron chi connectivity index (χ1n) is 5.92. The van der Waals surface area contributed by atoms with E-state index in [4.69, 9.17) is 9.63 Å². The van der Waals surface area contributed by atoms with Crippen molar-refractivity contribution < 1.29 is 22.8 Å². The van der Waals surface area contributed by atoms with Gasteiger partial charge in [0.05, 0.1) is 4.90 Å². The lowest BCUT2D eigenvalue weighted by Gasteiger charge is -2.08. The van der Waals surface area contributed by atoms with Gasteiger partial charge < -0.3 is 9.63 Å². The molecule has 1 aromatic heterocycles. The van der Waals surface area contributed by atoms with Crippen molar-refractivity contribution in [1.29, 1.82) is 0 Å². The van der Waals surface area contributed by atoms with Crippen molar-refractivity contribution in [2.45, 2.75) is 18.7 Å². The van der Waals surface area contributed by atoms with Crippen LogP contribution in [0.4, 0.5) is 0 Å². The number of sulfonamides is 1. The van der Waals surface area contributed by atoms with Crippen LogP contribution in [0.1, 0.15) is 11.5 Å². The molecule has 0 saturated heterocycles. The number of aromatic nitrogens is 2. The standard InChI is InChI=1S/C12H13N3O5S/c1-7-3-4-9(12-14-8(2)20-15-12)5-10(7)21(18,19)13-6-11(16)17/h3-5,13H,6H2,1-2H3,(H,16,17). The van der Waals surface area contributed by atoms with Gasteiger partial charge in [0.25, 0.3) is 0 Å². The first-order valence-corrected chi connectivity index (χ1v) is 7.41. The lowest BCUT2D eigenvalue weighted by molar-refractivity contribution is -0.135. The molecule has 2 rings (SSSR count). The molecule has 0 fully saturated rings. The summed E-state index contributed by atoms with van der Waals surface area (Å²) in [4.78, 5) is 14.5. The van der Waals surface area contributed by atoms with Gasteiger partial charge in [-0.15, -0.1) is 0 Å². The molecule has 9 heteroatoms. The molecule has 112 valence electrons. The van der Waals surface area contributed by atoms with Crippen molar-refractivity contribution in [1.82, 2.24) is 14.9 Å². The van der Waals surface area contributed by atoms with Gasteiger partial charge in [-0.25, -0.2) is 8.42 Å². The summed E-state index contributed by atoms with van der Waals surface area (Å²) in [7, 11) is -3.93. The van der Waals surface area contributed by atoms with Gasteiger partial charge in [-0.3, -0.25) is 4.79 Å². The van der Waals surface area contributed by atoms with Crippen LogP contribution in [-0.2, 0) is 14.8 Å². The number of hydrogen-bond donors (Lipinski definition) is 2. The van der Waals surface area contributed by atoms with Crippen molar-refractivity contribution >= 4 is 16.0 Å². The van der Waals surface area contributed by atoms with Gasteiger partial charge >= 0.3 is 5.97 Å². The fraction of sp³-hybridized carbons (Fsp3) is 0.250. The molecule has 1 heterocycles. The van der Waals surface area contributed by atoms with E-state index in [1.165, 1.54) is 6.07 Å². The second-order valence-electron chi connectivity index (χ2n) is 4.34. The summed E-state index contributed by atoms with van der Waals surface area (Å²) in [5, 5.41) is 12.3. The van der Waals surface area contributed by atoms with Crippen LogP contribution in [0.25, 0.3) is 11.4 Å². The van der Waals surface area contributed by atoms with Crippen LogP contribution in [-0.4, -0.2) is 36.2 Å². The van der Waals surface area contributed by atoms with E-state index in [0.29, 0.717) is 17.0 Å². The van der Waals surface area contributed by atoms with Gasteiger partial charge in [-0.05, 0) is 18.6 Å². The van der Waals surface area contributed by atoms with E-state index >= 15 is 0 Å². The summed E-state index contributed by atoms with van der Waals surface area (Å²) in [6, 6.07) is 4.63. The first-order chi connectivity index (χ1) is 9.79. The second kappa shape index (κ2) is 5.62. The van der Waals surface area contributed by atoms with E-state index in [9.17, 15) is 13.2 Å². The molecule has 2 N–H and O–H groups in total. The quantitative estimate of drug-likeness (QED) is 0.833. The van der Waals surface area contributed by atoms with Crippen LogP contribution >= 0.6 is 0 Å². The zero-order valence-electron chi connectivity index (χ0n) is 11.3. The van der Waals surface area contributed by atoms with Crippen molar-refractivity contribution in [3.05, 3.63) is 29.7 Å². The Bertz CT molecular complexity index is 782. The van der Waals surface area contributed by atoms with E-state index in [2.05, 4.69) is 10.1 Å².